The van der Waals surface area contributed by atoms with Crippen LogP contribution in [0.2, 0.25) is 0 Å². The van der Waals surface area contributed by atoms with Gasteiger partial charge in [-0.3, -0.25) is 14.9 Å². The molecule has 20 heavy (non-hydrogen) atoms. The highest BCUT2D eigenvalue weighted by Crippen LogP contribution is 2.40. The third-order valence-corrected chi connectivity index (χ3v) is 5.29. The Labute approximate surface area is 122 Å². The molecule has 1 aliphatic rings. The molecular weight excluding hydrogens is 276 g/mol. The van der Waals surface area contributed by atoms with Gasteiger partial charge in [0.15, 0.2) is 10.8 Å². The Morgan fingerprint density at radius 1 is 1.45 bits per heavy atom. The van der Waals surface area contributed by atoms with Crippen molar-refractivity contribution in [3.05, 3.63) is 21.1 Å². The van der Waals surface area contributed by atoms with Crippen LogP contribution in [0.15, 0.2) is 6.07 Å². The van der Waals surface area contributed by atoms with Crippen LogP contribution in [-0.4, -0.2) is 23.8 Å². The van der Waals surface area contributed by atoms with Crippen molar-refractivity contribution in [1.82, 2.24) is 0 Å². The molecule has 1 aliphatic heterocycles. The Morgan fingerprint density at radius 2 is 2.05 bits per heavy atom. The lowest BCUT2D eigenvalue weighted by Gasteiger charge is -2.34. The van der Waals surface area contributed by atoms with E-state index in [1.807, 2.05) is 0 Å². The first-order chi connectivity index (χ1) is 9.40. The van der Waals surface area contributed by atoms with Crippen LogP contribution in [0.3, 0.4) is 0 Å². The molecule has 0 bridgehead atoms. The number of hydrogen-bond donors (Lipinski definition) is 0. The molecule has 6 heteroatoms. The van der Waals surface area contributed by atoms with Crippen molar-refractivity contribution in [2.24, 2.45) is 11.8 Å². The van der Waals surface area contributed by atoms with E-state index in [0.717, 1.165) is 25.9 Å². The summed E-state index contributed by atoms with van der Waals surface area (Å²) in [6.45, 7) is 7.57. The number of ketones is 1. The number of rotatable bonds is 4. The van der Waals surface area contributed by atoms with Crippen LogP contribution in [0.1, 0.15) is 43.3 Å². The van der Waals surface area contributed by atoms with Crippen molar-refractivity contribution in [2.45, 2.75) is 33.6 Å². The number of Topliss-reactive ketones (excluding diaryl/α,β-unsaturated/α-hetero) is 1. The van der Waals surface area contributed by atoms with E-state index < -0.39 is 0 Å². The average Bonchev–Trinajstić information content (AvgIpc) is 2.84. The van der Waals surface area contributed by atoms with Crippen molar-refractivity contribution in [3.8, 4) is 0 Å². The Balaban J connectivity index is 2.20. The fourth-order valence-electron chi connectivity index (χ4n) is 2.67. The smallest absolute Gasteiger partial charge is 0.304 e. The lowest BCUT2D eigenvalue weighted by molar-refractivity contribution is -0.383. The lowest BCUT2D eigenvalue weighted by Crippen LogP contribution is -2.35. The maximum Gasteiger partial charge on any atom is 0.304 e. The molecule has 0 atom stereocenters. The molecule has 0 spiro atoms. The molecule has 0 unspecified atom stereocenters. The van der Waals surface area contributed by atoms with Crippen LogP contribution in [0.5, 0.6) is 0 Å². The number of piperidine rings is 1. The summed E-state index contributed by atoms with van der Waals surface area (Å²) in [5, 5.41) is 11.8. The zero-order valence-electron chi connectivity index (χ0n) is 12.1. The summed E-state index contributed by atoms with van der Waals surface area (Å²) < 4.78 is 0. The van der Waals surface area contributed by atoms with Gasteiger partial charge in [0.25, 0.3) is 0 Å². The molecule has 1 fully saturated rings. The van der Waals surface area contributed by atoms with Crippen LogP contribution in [0.4, 0.5) is 10.7 Å². The van der Waals surface area contributed by atoms with Crippen LogP contribution in [-0.2, 0) is 0 Å². The van der Waals surface area contributed by atoms with Crippen molar-refractivity contribution < 1.29 is 9.72 Å². The highest BCUT2D eigenvalue weighted by Gasteiger charge is 2.29. The molecule has 2 heterocycles. The average molecular weight is 296 g/mol. The first kappa shape index (κ1) is 15.0. The summed E-state index contributed by atoms with van der Waals surface area (Å²) in [5.74, 6) is 1.24. The predicted molar refractivity (Wildman–Crippen MR) is 80.8 cm³/mol. The summed E-state index contributed by atoms with van der Waals surface area (Å²) in [6, 6.07) is 1.41. The van der Waals surface area contributed by atoms with Crippen LogP contribution < -0.4 is 4.90 Å². The third-order valence-electron chi connectivity index (χ3n) is 4.01. The summed E-state index contributed by atoms with van der Waals surface area (Å²) in [5.41, 5.74) is 0.0724. The number of hydrogen-bond acceptors (Lipinski definition) is 5. The normalized spacial score (nSPS) is 16.7. The minimum absolute atomic E-state index is 0.0724. The van der Waals surface area contributed by atoms with Gasteiger partial charge in [0.05, 0.1) is 9.80 Å². The van der Waals surface area contributed by atoms with E-state index in [4.69, 9.17) is 0 Å². The monoisotopic (exact) mass is 296 g/mol. The Hall–Kier alpha value is -1.43. The van der Waals surface area contributed by atoms with E-state index >= 15 is 0 Å². The second-order valence-corrected chi connectivity index (χ2v) is 6.71. The number of anilines is 1. The minimum Gasteiger partial charge on any atom is -0.358 e. The Morgan fingerprint density at radius 3 is 2.50 bits per heavy atom. The number of carbonyl (C=O) groups excluding carboxylic acids is 1. The van der Waals surface area contributed by atoms with E-state index in [1.54, 1.807) is 0 Å². The molecule has 0 aliphatic carbocycles. The fourth-order valence-corrected chi connectivity index (χ4v) is 3.74. The standard InChI is InChI=1S/C14H20N2O3S/c1-9(2)11-4-6-15(7-5-11)14-12(16(18)19)8-13(20-14)10(3)17/h8-9,11H,4-7H2,1-3H3. The topological polar surface area (TPSA) is 63.4 Å². The van der Waals surface area contributed by atoms with Gasteiger partial charge in [0.1, 0.15) is 0 Å². The van der Waals surface area contributed by atoms with E-state index in [1.165, 1.54) is 24.3 Å². The summed E-state index contributed by atoms with van der Waals surface area (Å²) >= 11 is 1.25. The number of carbonyl (C=O) groups is 1. The fraction of sp³-hybridized carbons (Fsp3) is 0.643. The Bertz CT molecular complexity index is 516. The molecule has 0 N–H and O–H groups in total. The minimum atomic E-state index is -0.382. The van der Waals surface area contributed by atoms with Gasteiger partial charge >= 0.3 is 5.69 Å². The van der Waals surface area contributed by atoms with Crippen molar-refractivity contribution in [3.63, 3.8) is 0 Å². The van der Waals surface area contributed by atoms with Crippen LogP contribution in [0, 0.1) is 22.0 Å². The van der Waals surface area contributed by atoms with Crippen molar-refractivity contribution in [1.29, 1.82) is 0 Å². The maximum atomic E-state index is 11.4. The van der Waals surface area contributed by atoms with Gasteiger partial charge in [0.2, 0.25) is 0 Å². The molecule has 1 saturated heterocycles. The van der Waals surface area contributed by atoms with Gasteiger partial charge in [-0.05, 0) is 31.6 Å². The molecule has 0 aromatic carbocycles. The van der Waals surface area contributed by atoms with E-state index in [-0.39, 0.29) is 16.4 Å². The predicted octanol–water partition coefficient (Wildman–Crippen LogP) is 3.73. The van der Waals surface area contributed by atoms with Crippen molar-refractivity contribution >= 4 is 27.8 Å². The maximum absolute atomic E-state index is 11.4. The van der Waals surface area contributed by atoms with Gasteiger partial charge < -0.3 is 4.90 Å². The molecule has 0 amide bonds. The SMILES string of the molecule is CC(=O)c1cc([N+](=O)[O-])c(N2CCC(C(C)C)CC2)s1. The second-order valence-electron chi connectivity index (χ2n) is 5.68. The molecule has 1 aromatic heterocycles. The summed E-state index contributed by atoms with van der Waals surface area (Å²) in [6.07, 6.45) is 2.12. The molecule has 2 rings (SSSR count). The largest absolute Gasteiger partial charge is 0.358 e. The summed E-state index contributed by atoms with van der Waals surface area (Å²) in [7, 11) is 0. The Kier molecular flexibility index (Phi) is 4.42. The molecule has 110 valence electrons. The van der Waals surface area contributed by atoms with E-state index in [0.29, 0.717) is 21.7 Å². The highest BCUT2D eigenvalue weighted by molar-refractivity contribution is 7.18. The molecule has 5 nitrogen and oxygen atoms in total. The number of nitrogens with zero attached hydrogens (tertiary/aromatic N) is 2. The van der Waals surface area contributed by atoms with E-state index in [9.17, 15) is 14.9 Å². The number of thiophene rings is 1. The first-order valence-corrected chi connectivity index (χ1v) is 7.76. The van der Waals surface area contributed by atoms with Gasteiger partial charge in [-0.1, -0.05) is 13.8 Å². The highest BCUT2D eigenvalue weighted by atomic mass is 32.1. The summed E-state index contributed by atoms with van der Waals surface area (Å²) in [4.78, 5) is 24.7. The van der Waals surface area contributed by atoms with Gasteiger partial charge in [-0.15, -0.1) is 11.3 Å². The lowest BCUT2D eigenvalue weighted by atomic mass is 9.87. The third kappa shape index (κ3) is 3.00. The van der Waals surface area contributed by atoms with Crippen LogP contribution in [0.25, 0.3) is 0 Å². The molecule has 0 saturated carbocycles. The van der Waals surface area contributed by atoms with Gasteiger partial charge in [-0.25, -0.2) is 0 Å². The molecule has 1 aromatic rings. The molecule has 0 radical (unpaired) electrons. The van der Waals surface area contributed by atoms with E-state index in [2.05, 4.69) is 18.7 Å². The van der Waals surface area contributed by atoms with Gasteiger partial charge in [-0.2, -0.15) is 0 Å². The molecular formula is C14H20N2O3S. The number of nitro groups is 1. The first-order valence-electron chi connectivity index (χ1n) is 6.94. The second kappa shape index (κ2) is 5.91. The zero-order chi connectivity index (χ0) is 14.9. The quantitative estimate of drug-likeness (QED) is 0.482. The zero-order valence-corrected chi connectivity index (χ0v) is 12.9. The van der Waals surface area contributed by atoms with Crippen LogP contribution >= 0.6 is 11.3 Å². The van der Waals surface area contributed by atoms with Crippen molar-refractivity contribution in [2.75, 3.05) is 18.0 Å². The van der Waals surface area contributed by atoms with Gasteiger partial charge in [0, 0.05) is 19.2 Å².